The average molecular weight is 286 g/mol. The molecule has 1 amide bonds. The minimum absolute atomic E-state index is 0.102. The van der Waals surface area contributed by atoms with Gasteiger partial charge in [-0.25, -0.2) is 0 Å². The van der Waals surface area contributed by atoms with Crippen molar-refractivity contribution >= 4 is 17.3 Å². The van der Waals surface area contributed by atoms with Gasteiger partial charge in [0.15, 0.2) is 0 Å². The van der Waals surface area contributed by atoms with Crippen LogP contribution in [0.15, 0.2) is 42.6 Å². The minimum Gasteiger partial charge on any atom is -0.393 e. The molecule has 7 heteroatoms. The lowest BCUT2D eigenvalue weighted by Gasteiger charge is -2.07. The van der Waals surface area contributed by atoms with E-state index in [4.69, 9.17) is 5.73 Å². The van der Waals surface area contributed by atoms with E-state index in [-0.39, 0.29) is 16.9 Å². The lowest BCUT2D eigenvalue weighted by molar-refractivity contribution is -0.383. The van der Waals surface area contributed by atoms with Gasteiger partial charge < -0.3 is 11.1 Å². The van der Waals surface area contributed by atoms with Crippen LogP contribution in [-0.2, 0) is 6.42 Å². The number of aromatic nitrogens is 1. The molecule has 1 aromatic heterocycles. The van der Waals surface area contributed by atoms with Crippen molar-refractivity contribution in [1.82, 2.24) is 10.3 Å². The molecule has 0 fully saturated rings. The quantitative estimate of drug-likeness (QED) is 0.492. The Morgan fingerprint density at radius 1 is 1.29 bits per heavy atom. The molecule has 7 nitrogen and oxygen atoms in total. The Bertz CT molecular complexity index is 659. The number of para-hydroxylation sites is 1. The predicted octanol–water partition coefficient (Wildman–Crippen LogP) is 1.54. The number of carbonyl (C=O) groups is 1. The number of carbonyl (C=O) groups excluding carboxylic acids is 1. The molecule has 3 N–H and O–H groups in total. The van der Waals surface area contributed by atoms with E-state index in [1.807, 2.05) is 18.2 Å². The number of nitrogen functional groups attached to an aromatic ring is 1. The highest BCUT2D eigenvalue weighted by atomic mass is 16.6. The fourth-order valence-corrected chi connectivity index (χ4v) is 1.86. The molecule has 0 saturated heterocycles. The van der Waals surface area contributed by atoms with Crippen LogP contribution in [0.25, 0.3) is 0 Å². The van der Waals surface area contributed by atoms with Gasteiger partial charge >= 0.3 is 0 Å². The zero-order valence-electron chi connectivity index (χ0n) is 11.2. The van der Waals surface area contributed by atoms with Crippen molar-refractivity contribution in [3.05, 3.63) is 64.0 Å². The number of nitrogens with zero attached hydrogens (tertiary/aromatic N) is 2. The second kappa shape index (κ2) is 6.47. The van der Waals surface area contributed by atoms with E-state index in [2.05, 4.69) is 10.3 Å². The highest BCUT2D eigenvalue weighted by Crippen LogP contribution is 2.24. The van der Waals surface area contributed by atoms with Gasteiger partial charge in [0.05, 0.1) is 10.5 Å². The van der Waals surface area contributed by atoms with Crippen molar-refractivity contribution < 1.29 is 9.72 Å². The van der Waals surface area contributed by atoms with Crippen LogP contribution in [0.2, 0.25) is 0 Å². The van der Waals surface area contributed by atoms with Gasteiger partial charge in [0.1, 0.15) is 5.69 Å². The largest absolute Gasteiger partial charge is 0.393 e. The van der Waals surface area contributed by atoms with Crippen molar-refractivity contribution in [2.24, 2.45) is 0 Å². The van der Waals surface area contributed by atoms with Gasteiger partial charge in [0.25, 0.3) is 11.6 Å². The first-order valence-electron chi connectivity index (χ1n) is 6.30. The SMILES string of the molecule is Nc1c(C(=O)NCCc2ccccn2)cccc1[N+](=O)[O-]. The van der Waals surface area contributed by atoms with Crippen molar-refractivity contribution in [3.63, 3.8) is 0 Å². The molecule has 0 unspecified atom stereocenters. The standard InChI is InChI=1S/C14H14N4O3/c15-13-11(5-3-6-12(13)18(20)21)14(19)17-9-7-10-4-1-2-8-16-10/h1-6,8H,7,9,15H2,(H,17,19). The maximum absolute atomic E-state index is 12.0. The second-order valence-corrected chi connectivity index (χ2v) is 4.32. The number of nitro groups is 1. The van der Waals surface area contributed by atoms with Crippen molar-refractivity contribution in [2.45, 2.75) is 6.42 Å². The summed E-state index contributed by atoms with van der Waals surface area (Å²) in [4.78, 5) is 26.3. The number of hydrogen-bond acceptors (Lipinski definition) is 5. The fourth-order valence-electron chi connectivity index (χ4n) is 1.86. The van der Waals surface area contributed by atoms with Gasteiger partial charge in [0, 0.05) is 30.9 Å². The van der Waals surface area contributed by atoms with Crippen LogP contribution in [-0.4, -0.2) is 22.4 Å². The molecule has 1 aromatic carbocycles. The molecule has 2 aromatic rings. The number of amides is 1. The summed E-state index contributed by atoms with van der Waals surface area (Å²) in [6.45, 7) is 0.373. The average Bonchev–Trinajstić information content (AvgIpc) is 2.48. The highest BCUT2D eigenvalue weighted by Gasteiger charge is 2.18. The lowest BCUT2D eigenvalue weighted by Crippen LogP contribution is -2.26. The number of nitro benzene ring substituents is 1. The van der Waals surface area contributed by atoms with Crippen LogP contribution in [0, 0.1) is 10.1 Å². The normalized spacial score (nSPS) is 10.1. The first kappa shape index (κ1) is 14.4. The zero-order chi connectivity index (χ0) is 15.2. The first-order valence-corrected chi connectivity index (χ1v) is 6.30. The molecule has 0 bridgehead atoms. The molecule has 1 heterocycles. The summed E-state index contributed by atoms with van der Waals surface area (Å²) >= 11 is 0. The molecule has 0 saturated carbocycles. The maximum atomic E-state index is 12.0. The Kier molecular flexibility index (Phi) is 4.45. The van der Waals surface area contributed by atoms with E-state index in [1.54, 1.807) is 6.20 Å². The van der Waals surface area contributed by atoms with Crippen molar-refractivity contribution in [1.29, 1.82) is 0 Å². The fraction of sp³-hybridized carbons (Fsp3) is 0.143. The van der Waals surface area contributed by atoms with Gasteiger partial charge in [-0.1, -0.05) is 12.1 Å². The molecular formula is C14H14N4O3. The number of anilines is 1. The Hall–Kier alpha value is -2.96. The molecule has 0 radical (unpaired) electrons. The summed E-state index contributed by atoms with van der Waals surface area (Å²) in [6, 6.07) is 9.68. The van der Waals surface area contributed by atoms with E-state index in [0.29, 0.717) is 13.0 Å². The Morgan fingerprint density at radius 2 is 2.10 bits per heavy atom. The zero-order valence-corrected chi connectivity index (χ0v) is 11.2. The number of rotatable bonds is 5. The molecular weight excluding hydrogens is 272 g/mol. The summed E-state index contributed by atoms with van der Waals surface area (Å²) in [5, 5.41) is 13.5. The topological polar surface area (TPSA) is 111 Å². The van der Waals surface area contributed by atoms with E-state index in [1.165, 1.54) is 18.2 Å². The van der Waals surface area contributed by atoms with Crippen LogP contribution in [0.5, 0.6) is 0 Å². The first-order chi connectivity index (χ1) is 10.1. The molecule has 0 aliphatic heterocycles. The van der Waals surface area contributed by atoms with Crippen LogP contribution < -0.4 is 11.1 Å². The summed E-state index contributed by atoms with van der Waals surface area (Å²) in [5.74, 6) is -0.438. The highest BCUT2D eigenvalue weighted by molar-refractivity contribution is 6.00. The number of nitrogens with one attached hydrogen (secondary N) is 1. The van der Waals surface area contributed by atoms with Crippen LogP contribution in [0.3, 0.4) is 0 Å². The molecule has 2 rings (SSSR count). The van der Waals surface area contributed by atoms with E-state index >= 15 is 0 Å². The van der Waals surface area contributed by atoms with E-state index in [9.17, 15) is 14.9 Å². The van der Waals surface area contributed by atoms with Gasteiger partial charge in [-0.05, 0) is 18.2 Å². The van der Waals surface area contributed by atoms with E-state index in [0.717, 1.165) is 5.69 Å². The maximum Gasteiger partial charge on any atom is 0.292 e. The summed E-state index contributed by atoms with van der Waals surface area (Å²) in [5.41, 5.74) is 6.21. The second-order valence-electron chi connectivity index (χ2n) is 4.32. The Balaban J connectivity index is 2.01. The van der Waals surface area contributed by atoms with Crippen LogP contribution in [0.1, 0.15) is 16.1 Å². The van der Waals surface area contributed by atoms with E-state index < -0.39 is 10.8 Å². The number of hydrogen-bond donors (Lipinski definition) is 2. The van der Waals surface area contributed by atoms with Crippen molar-refractivity contribution in [2.75, 3.05) is 12.3 Å². The number of nitrogens with two attached hydrogens (primary N) is 1. The minimum atomic E-state index is -0.611. The molecule has 0 aliphatic carbocycles. The molecule has 0 aliphatic rings. The molecule has 0 spiro atoms. The third-order valence-electron chi connectivity index (χ3n) is 2.92. The van der Waals surface area contributed by atoms with Crippen molar-refractivity contribution in [3.8, 4) is 0 Å². The number of benzene rings is 1. The van der Waals surface area contributed by atoms with Gasteiger partial charge in [0.2, 0.25) is 0 Å². The predicted molar refractivity (Wildman–Crippen MR) is 77.8 cm³/mol. The summed E-state index contributed by atoms with van der Waals surface area (Å²) < 4.78 is 0. The molecule has 108 valence electrons. The summed E-state index contributed by atoms with van der Waals surface area (Å²) in [6.07, 6.45) is 2.25. The third-order valence-corrected chi connectivity index (χ3v) is 2.92. The monoisotopic (exact) mass is 286 g/mol. The van der Waals surface area contributed by atoms with Crippen LogP contribution in [0.4, 0.5) is 11.4 Å². The van der Waals surface area contributed by atoms with Gasteiger partial charge in [-0.2, -0.15) is 0 Å². The summed E-state index contributed by atoms with van der Waals surface area (Å²) in [7, 11) is 0. The molecule has 21 heavy (non-hydrogen) atoms. The van der Waals surface area contributed by atoms with Gasteiger partial charge in [-0.3, -0.25) is 19.9 Å². The third kappa shape index (κ3) is 3.53. The Morgan fingerprint density at radius 3 is 2.76 bits per heavy atom. The van der Waals surface area contributed by atoms with Gasteiger partial charge in [-0.15, -0.1) is 0 Å². The lowest BCUT2D eigenvalue weighted by atomic mass is 10.1. The van der Waals surface area contributed by atoms with Crippen LogP contribution >= 0.6 is 0 Å². The Labute approximate surface area is 121 Å². The smallest absolute Gasteiger partial charge is 0.292 e. The molecule has 0 atom stereocenters. The number of pyridine rings is 1.